The maximum Gasteiger partial charge on any atom is 0.134 e. The molecule has 4 aromatic heterocycles. The molecule has 8 aromatic carbocycles. The van der Waals surface area contributed by atoms with Crippen LogP contribution in [0, 0.1) is 27.7 Å². The Kier molecular flexibility index (Phi) is 11.9. The summed E-state index contributed by atoms with van der Waals surface area (Å²) in [6, 6.07) is 42.4. The number of hydrogen-bond acceptors (Lipinski definition) is 8. The largest absolute Gasteiger partial charge is 0.496 e. The topological polar surface area (TPSA) is 137 Å². The van der Waals surface area contributed by atoms with Crippen LogP contribution in [0.5, 0.6) is 46.0 Å². The number of aromatic nitrogens is 4. The summed E-state index contributed by atoms with van der Waals surface area (Å²) in [4.78, 5) is 16.4. The van der Waals surface area contributed by atoms with E-state index in [9.17, 15) is 0 Å². The Labute approximate surface area is 463 Å². The van der Waals surface area contributed by atoms with Crippen molar-refractivity contribution in [3.63, 3.8) is 0 Å². The molecule has 0 fully saturated rings. The van der Waals surface area contributed by atoms with E-state index < -0.39 is 0 Å². The van der Waals surface area contributed by atoms with Gasteiger partial charge in [-0.05, 0) is 49.9 Å². The molecule has 0 unspecified atom stereocenters. The first kappa shape index (κ1) is 49.9. The molecular formula is C68H60N4O8. The Morgan fingerprint density at radius 1 is 0.225 bits per heavy atom. The minimum atomic E-state index is 0.536. The van der Waals surface area contributed by atoms with Crippen LogP contribution in [0.2, 0.25) is 0 Å². The summed E-state index contributed by atoms with van der Waals surface area (Å²) in [5.41, 5.74) is 21.0. The number of ether oxygens (including phenoxy) is 8. The zero-order chi connectivity index (χ0) is 55.4. The van der Waals surface area contributed by atoms with Crippen molar-refractivity contribution in [3.05, 3.63) is 144 Å². The second kappa shape index (κ2) is 19.1. The molecule has 12 nitrogen and oxygen atoms in total. The third-order valence-electron chi connectivity index (χ3n) is 16.1. The van der Waals surface area contributed by atoms with Crippen molar-refractivity contribution in [1.82, 2.24) is 19.9 Å². The van der Waals surface area contributed by atoms with Gasteiger partial charge in [0.25, 0.3) is 0 Å². The van der Waals surface area contributed by atoms with Crippen LogP contribution >= 0.6 is 0 Å². The molecule has 0 radical (unpaired) electrons. The first-order valence-corrected chi connectivity index (χ1v) is 26.5. The van der Waals surface area contributed by atoms with Gasteiger partial charge in [0.1, 0.15) is 46.0 Å². The molecule has 16 bridgehead atoms. The van der Waals surface area contributed by atoms with Crippen LogP contribution in [0.1, 0.15) is 22.3 Å². The summed E-state index contributed by atoms with van der Waals surface area (Å²) in [6.45, 7) is 8.40. The number of H-pyrrole nitrogens is 4. The van der Waals surface area contributed by atoms with Crippen molar-refractivity contribution >= 4 is 43.6 Å². The lowest BCUT2D eigenvalue weighted by Gasteiger charge is -2.18. The number of benzene rings is 8. The molecule has 0 aliphatic heterocycles. The van der Waals surface area contributed by atoms with Crippen molar-refractivity contribution in [1.29, 1.82) is 0 Å². The lowest BCUT2D eigenvalue weighted by Crippen LogP contribution is -1.98. The number of methoxy groups -OCH3 is 8. The van der Waals surface area contributed by atoms with Crippen molar-refractivity contribution in [2.75, 3.05) is 56.9 Å². The van der Waals surface area contributed by atoms with Crippen LogP contribution in [0.4, 0.5) is 0 Å². The lowest BCUT2D eigenvalue weighted by molar-refractivity contribution is 0.395. The normalized spacial score (nSPS) is 11.8. The predicted octanol–water partition coefficient (Wildman–Crippen LogP) is 16.6. The quantitative estimate of drug-likeness (QED) is 0.0949. The second-order valence-electron chi connectivity index (χ2n) is 20.6. The Balaban J connectivity index is 1.38. The van der Waals surface area contributed by atoms with Gasteiger partial charge < -0.3 is 57.8 Å². The molecule has 0 atom stereocenters. The molecule has 1 aliphatic carbocycles. The number of fused-ring (bicyclic) bond motifs is 8. The third-order valence-corrected chi connectivity index (χ3v) is 16.1. The first-order valence-electron chi connectivity index (χ1n) is 26.5. The Morgan fingerprint density at radius 2 is 0.425 bits per heavy atom. The van der Waals surface area contributed by atoms with Crippen LogP contribution in [-0.4, -0.2) is 76.8 Å². The van der Waals surface area contributed by atoms with E-state index in [1.165, 1.54) is 0 Å². The average molecular weight is 1060 g/mol. The Bertz CT molecular complexity index is 4180. The molecule has 80 heavy (non-hydrogen) atoms. The van der Waals surface area contributed by atoms with E-state index in [1.807, 2.05) is 24.3 Å². The highest BCUT2D eigenvalue weighted by atomic mass is 16.5. The summed E-state index contributed by atoms with van der Waals surface area (Å²) in [7, 11) is 13.6. The van der Waals surface area contributed by atoms with Crippen LogP contribution in [0.15, 0.2) is 121 Å². The van der Waals surface area contributed by atoms with Crippen molar-refractivity contribution in [3.8, 4) is 136 Å². The van der Waals surface area contributed by atoms with Crippen LogP contribution < -0.4 is 37.9 Å². The number of aromatic amines is 4. The number of nitrogens with one attached hydrogen (secondary N) is 4. The monoisotopic (exact) mass is 1060 g/mol. The summed E-state index contributed by atoms with van der Waals surface area (Å²) in [5.74, 6) is 4.62. The zero-order valence-electron chi connectivity index (χ0n) is 46.8. The SMILES string of the molecule is COc1cc(OC)c2c(-c3ccc(C)cc3)c3[nH]c2c1-c1[nH]c2c(c(OC)cc(OC)c2c1-c1ccc(C)cc1)-c1c(OC)cc(OC)c2c(-c4ccc(C)cc4)c([nH]c12)-c1c(OC)cc(OC)c2c(-c4ccc(C)cc4)c-3[nH]c12. The van der Waals surface area contributed by atoms with E-state index in [-0.39, 0.29) is 0 Å². The van der Waals surface area contributed by atoms with Gasteiger partial charge in [0.05, 0.1) is 146 Å². The number of rotatable bonds is 12. The highest BCUT2D eigenvalue weighted by Crippen LogP contribution is 2.60. The molecule has 4 N–H and O–H groups in total. The highest BCUT2D eigenvalue weighted by molar-refractivity contribution is 6.24. The van der Waals surface area contributed by atoms with Crippen LogP contribution in [0.3, 0.4) is 0 Å². The fraction of sp³-hybridized carbons (Fsp3) is 0.176. The Morgan fingerprint density at radius 3 is 0.662 bits per heavy atom. The zero-order valence-corrected chi connectivity index (χ0v) is 46.8. The Hall–Kier alpha value is -9.68. The molecule has 0 saturated carbocycles. The number of aryl methyl sites for hydroxylation is 4. The predicted molar refractivity (Wildman–Crippen MR) is 322 cm³/mol. The minimum absolute atomic E-state index is 0.536. The molecular weight excluding hydrogens is 1000 g/mol. The third kappa shape index (κ3) is 7.27. The van der Waals surface area contributed by atoms with E-state index in [2.05, 4.69) is 145 Å². The van der Waals surface area contributed by atoms with Crippen molar-refractivity contribution in [2.45, 2.75) is 27.7 Å². The summed E-state index contributed by atoms with van der Waals surface area (Å²) < 4.78 is 52.3. The van der Waals surface area contributed by atoms with E-state index >= 15 is 0 Å². The molecule has 0 saturated heterocycles. The molecule has 0 amide bonds. The van der Waals surface area contributed by atoms with Crippen LogP contribution in [0.25, 0.3) is 133 Å². The molecule has 4 heterocycles. The summed E-state index contributed by atoms with van der Waals surface area (Å²) >= 11 is 0. The maximum atomic E-state index is 6.58. The van der Waals surface area contributed by atoms with Gasteiger partial charge in [0, 0.05) is 46.5 Å². The number of hydrogen-bond donors (Lipinski definition) is 4. The fourth-order valence-corrected chi connectivity index (χ4v) is 12.3. The summed E-state index contributed by atoms with van der Waals surface area (Å²) in [6.07, 6.45) is 0. The van der Waals surface area contributed by atoms with E-state index in [4.69, 9.17) is 37.9 Å². The van der Waals surface area contributed by atoms with Gasteiger partial charge in [-0.15, -0.1) is 0 Å². The van der Waals surface area contributed by atoms with Gasteiger partial charge in [0.2, 0.25) is 0 Å². The molecule has 12 heteroatoms. The molecule has 400 valence electrons. The van der Waals surface area contributed by atoms with E-state index in [0.29, 0.717) is 46.0 Å². The second-order valence-corrected chi connectivity index (χ2v) is 20.6. The summed E-state index contributed by atoms with van der Waals surface area (Å²) in [5, 5.41) is 3.32. The van der Waals surface area contributed by atoms with Gasteiger partial charge in [-0.1, -0.05) is 119 Å². The van der Waals surface area contributed by atoms with E-state index in [0.717, 1.165) is 155 Å². The maximum absolute atomic E-state index is 6.58. The standard InChI is InChI=1S/C68H60N4O8/c1-33-13-21-37(22-14-33)49-53-41(73-5)29-45(77-9)57-58-46(78-10)30-42(74-6)54-50(38-23-15-34(2)16-24-38)62(70-64(54)58)60-48(80-12)32-44(76-8)56-52(40-27-19-36(4)20-28-40)68(72-66(56)60)67-51(39-25-17-35(3)18-26-39)55-43(75-7)31-47(79-11)59(65(55)71-67)61(49)69-63(53)57/h13-32,69-72H,1-12H3. The van der Waals surface area contributed by atoms with E-state index in [1.54, 1.807) is 56.9 Å². The van der Waals surface area contributed by atoms with Gasteiger partial charge in [-0.2, -0.15) is 0 Å². The minimum Gasteiger partial charge on any atom is -0.496 e. The molecule has 1 aliphatic rings. The van der Waals surface area contributed by atoms with Gasteiger partial charge in [0.15, 0.2) is 0 Å². The van der Waals surface area contributed by atoms with Gasteiger partial charge in [-0.25, -0.2) is 0 Å². The smallest absolute Gasteiger partial charge is 0.134 e. The fourth-order valence-electron chi connectivity index (χ4n) is 12.3. The average Bonchev–Trinajstić information content (AvgIpc) is 4.38. The van der Waals surface area contributed by atoms with Crippen molar-refractivity contribution < 1.29 is 37.9 Å². The van der Waals surface area contributed by atoms with Crippen molar-refractivity contribution in [2.24, 2.45) is 0 Å². The molecule has 0 spiro atoms. The molecule has 13 rings (SSSR count). The molecule has 12 aromatic rings. The van der Waals surface area contributed by atoms with Gasteiger partial charge in [-0.3, -0.25) is 0 Å². The first-order chi connectivity index (χ1) is 39.0. The highest BCUT2D eigenvalue weighted by Gasteiger charge is 2.36. The van der Waals surface area contributed by atoms with Gasteiger partial charge >= 0.3 is 0 Å². The van der Waals surface area contributed by atoms with Crippen LogP contribution in [-0.2, 0) is 0 Å². The lowest BCUT2D eigenvalue weighted by atomic mass is 9.90.